The second kappa shape index (κ2) is 5.29. The zero-order valence-corrected chi connectivity index (χ0v) is 14.0. The number of carbonyl (C=O) groups is 1. The molecule has 2 aliphatic rings. The van der Waals surface area contributed by atoms with E-state index in [1.54, 1.807) is 4.90 Å². The number of fused-ring (bicyclic) bond motifs is 3. The van der Waals surface area contributed by atoms with E-state index in [9.17, 15) is 9.90 Å². The summed E-state index contributed by atoms with van der Waals surface area (Å²) in [5.41, 5.74) is 1.05. The maximum atomic E-state index is 12.3. The average Bonchev–Trinajstić information content (AvgIpc) is 2.96. The lowest BCUT2D eigenvalue weighted by molar-refractivity contribution is -0.119. The van der Waals surface area contributed by atoms with Crippen molar-refractivity contribution in [3.05, 3.63) is 65.7 Å². The van der Waals surface area contributed by atoms with Crippen LogP contribution >= 0.6 is 12.2 Å². The molecule has 2 N–H and O–H groups in total. The van der Waals surface area contributed by atoms with E-state index in [0.717, 1.165) is 5.56 Å². The van der Waals surface area contributed by atoms with Crippen LogP contribution in [-0.4, -0.2) is 27.2 Å². The summed E-state index contributed by atoms with van der Waals surface area (Å²) in [5, 5.41) is 14.7. The Morgan fingerprint density at radius 2 is 1.88 bits per heavy atom. The lowest BCUT2D eigenvalue weighted by atomic mass is 10.0. The fraction of sp³-hybridized carbons (Fsp3) is 0.222. The van der Waals surface area contributed by atoms with E-state index >= 15 is 0 Å². The van der Waals surface area contributed by atoms with Gasteiger partial charge in [-0.1, -0.05) is 48.5 Å². The fourth-order valence-corrected chi connectivity index (χ4v) is 3.91. The van der Waals surface area contributed by atoms with Crippen LogP contribution in [0.3, 0.4) is 0 Å². The highest BCUT2D eigenvalue weighted by molar-refractivity contribution is 7.80. The van der Waals surface area contributed by atoms with Crippen LogP contribution in [0.25, 0.3) is 0 Å². The third-order valence-electron chi connectivity index (χ3n) is 4.58. The third kappa shape index (κ3) is 2.03. The van der Waals surface area contributed by atoms with Crippen LogP contribution in [0, 0.1) is 0 Å². The van der Waals surface area contributed by atoms with Crippen LogP contribution in [-0.2, 0) is 17.1 Å². The SMILES string of the molecule is CC(=O)N1c2ccccc2C2(O)NC(=S)N(Cc3ccccc3)C12. The summed E-state index contributed by atoms with van der Waals surface area (Å²) < 4.78 is 0. The van der Waals surface area contributed by atoms with Gasteiger partial charge in [-0.05, 0) is 23.8 Å². The minimum Gasteiger partial charge on any atom is -0.364 e. The zero-order valence-electron chi connectivity index (χ0n) is 13.1. The molecular weight excluding hydrogens is 322 g/mol. The highest BCUT2D eigenvalue weighted by Gasteiger charge is 2.59. The van der Waals surface area contributed by atoms with Gasteiger partial charge in [-0.3, -0.25) is 9.69 Å². The number of aliphatic hydroxyl groups is 1. The van der Waals surface area contributed by atoms with Gasteiger partial charge in [0.25, 0.3) is 0 Å². The van der Waals surface area contributed by atoms with Gasteiger partial charge in [-0.15, -0.1) is 0 Å². The van der Waals surface area contributed by atoms with Gasteiger partial charge in [0.05, 0.1) is 5.69 Å². The Hall–Kier alpha value is -2.44. The van der Waals surface area contributed by atoms with Crippen LogP contribution in [0.15, 0.2) is 54.6 Å². The van der Waals surface area contributed by atoms with Crippen LogP contribution in [0.2, 0.25) is 0 Å². The predicted molar refractivity (Wildman–Crippen MR) is 95.0 cm³/mol. The highest BCUT2D eigenvalue weighted by Crippen LogP contribution is 2.46. The first-order valence-electron chi connectivity index (χ1n) is 7.77. The van der Waals surface area contributed by atoms with Crippen molar-refractivity contribution < 1.29 is 9.90 Å². The minimum atomic E-state index is -1.39. The van der Waals surface area contributed by atoms with Gasteiger partial charge in [0.15, 0.2) is 11.3 Å². The summed E-state index contributed by atoms with van der Waals surface area (Å²) in [6.07, 6.45) is -0.597. The zero-order chi connectivity index (χ0) is 16.9. The number of anilines is 1. The first kappa shape index (κ1) is 15.1. The maximum absolute atomic E-state index is 12.3. The number of carbonyl (C=O) groups excluding carboxylic acids is 1. The van der Waals surface area contributed by atoms with Crippen molar-refractivity contribution >= 4 is 28.9 Å². The molecule has 0 spiro atoms. The van der Waals surface area contributed by atoms with Crippen molar-refractivity contribution in [1.82, 2.24) is 10.2 Å². The van der Waals surface area contributed by atoms with Gasteiger partial charge in [0, 0.05) is 19.0 Å². The Bertz CT molecular complexity index is 826. The molecule has 1 fully saturated rings. The summed E-state index contributed by atoms with van der Waals surface area (Å²) >= 11 is 5.45. The number of rotatable bonds is 2. The fourth-order valence-electron chi connectivity index (χ4n) is 3.59. The summed E-state index contributed by atoms with van der Waals surface area (Å²) in [6.45, 7) is 2.02. The normalized spacial score (nSPS) is 24.6. The van der Waals surface area contributed by atoms with Crippen molar-refractivity contribution in [2.45, 2.75) is 25.4 Å². The van der Waals surface area contributed by atoms with Crippen molar-refractivity contribution in [1.29, 1.82) is 0 Å². The van der Waals surface area contributed by atoms with E-state index in [-0.39, 0.29) is 5.91 Å². The van der Waals surface area contributed by atoms with Crippen LogP contribution in [0.4, 0.5) is 5.69 Å². The molecule has 6 heteroatoms. The summed E-state index contributed by atoms with van der Waals surface area (Å²) in [4.78, 5) is 15.8. The first-order valence-corrected chi connectivity index (χ1v) is 8.17. The number of hydrogen-bond donors (Lipinski definition) is 2. The monoisotopic (exact) mass is 339 g/mol. The molecule has 2 heterocycles. The Morgan fingerprint density at radius 1 is 1.21 bits per heavy atom. The van der Waals surface area contributed by atoms with Crippen LogP contribution in [0.5, 0.6) is 0 Å². The Balaban J connectivity index is 1.80. The Kier molecular flexibility index (Phi) is 3.33. The first-order chi connectivity index (χ1) is 11.5. The number of nitrogens with one attached hydrogen (secondary N) is 1. The van der Waals surface area contributed by atoms with Gasteiger partial charge in [-0.25, -0.2) is 0 Å². The van der Waals surface area contributed by atoms with Crippen molar-refractivity contribution in [2.75, 3.05) is 4.90 Å². The molecule has 2 unspecified atom stereocenters. The molecule has 1 amide bonds. The smallest absolute Gasteiger partial charge is 0.225 e. The molecule has 1 saturated heterocycles. The number of hydrogen-bond acceptors (Lipinski definition) is 3. The number of thiocarbonyl (C=S) groups is 1. The molecule has 0 aromatic heterocycles. The molecule has 0 radical (unpaired) electrons. The third-order valence-corrected chi connectivity index (χ3v) is 4.92. The average molecular weight is 339 g/mol. The lowest BCUT2D eigenvalue weighted by Crippen LogP contribution is -2.53. The van der Waals surface area contributed by atoms with Gasteiger partial charge in [0.1, 0.15) is 0 Å². The maximum Gasteiger partial charge on any atom is 0.225 e. The summed E-state index contributed by atoms with van der Waals surface area (Å²) in [5.74, 6) is -0.132. The molecule has 4 rings (SSSR count). The molecule has 2 aliphatic heterocycles. The molecule has 122 valence electrons. The molecule has 2 atom stereocenters. The summed E-state index contributed by atoms with van der Waals surface area (Å²) in [6, 6.07) is 17.3. The standard InChI is InChI=1S/C18H17N3O2S/c1-12(22)21-15-10-6-5-9-14(15)18(23)16(21)20(17(24)19-18)11-13-7-3-2-4-8-13/h2-10,16,23H,11H2,1H3,(H,19,24). The van der Waals surface area contributed by atoms with E-state index in [0.29, 0.717) is 22.9 Å². The van der Waals surface area contributed by atoms with E-state index in [2.05, 4.69) is 5.32 Å². The van der Waals surface area contributed by atoms with E-state index in [4.69, 9.17) is 12.2 Å². The molecule has 24 heavy (non-hydrogen) atoms. The van der Waals surface area contributed by atoms with Gasteiger partial charge < -0.3 is 15.3 Å². The highest BCUT2D eigenvalue weighted by atomic mass is 32.1. The molecule has 0 aliphatic carbocycles. The Labute approximate surface area is 145 Å². The number of amides is 1. The largest absolute Gasteiger partial charge is 0.364 e. The summed E-state index contributed by atoms with van der Waals surface area (Å²) in [7, 11) is 0. The lowest BCUT2D eigenvalue weighted by Gasteiger charge is -2.33. The number of nitrogens with zero attached hydrogens (tertiary/aromatic N) is 2. The molecule has 2 aromatic carbocycles. The van der Waals surface area contributed by atoms with Crippen LogP contribution in [0.1, 0.15) is 18.1 Å². The van der Waals surface area contributed by atoms with Gasteiger partial charge in [-0.2, -0.15) is 0 Å². The van der Waals surface area contributed by atoms with Crippen molar-refractivity contribution in [2.24, 2.45) is 0 Å². The topological polar surface area (TPSA) is 55.8 Å². The van der Waals surface area contributed by atoms with E-state index < -0.39 is 11.9 Å². The number of para-hydroxylation sites is 1. The Morgan fingerprint density at radius 3 is 2.58 bits per heavy atom. The second-order valence-electron chi connectivity index (χ2n) is 6.09. The minimum absolute atomic E-state index is 0.132. The van der Waals surface area contributed by atoms with E-state index in [1.807, 2.05) is 59.5 Å². The molecule has 0 bridgehead atoms. The molecule has 5 nitrogen and oxygen atoms in total. The van der Waals surface area contributed by atoms with Crippen molar-refractivity contribution in [3.63, 3.8) is 0 Å². The van der Waals surface area contributed by atoms with Gasteiger partial charge >= 0.3 is 0 Å². The molecule has 0 saturated carbocycles. The molecular formula is C18H17N3O2S. The van der Waals surface area contributed by atoms with Crippen LogP contribution < -0.4 is 10.2 Å². The van der Waals surface area contributed by atoms with E-state index in [1.165, 1.54) is 6.92 Å². The van der Waals surface area contributed by atoms with Gasteiger partial charge in [0.2, 0.25) is 11.6 Å². The second-order valence-corrected chi connectivity index (χ2v) is 6.48. The quantitative estimate of drug-likeness (QED) is 0.819. The predicted octanol–water partition coefficient (Wildman–Crippen LogP) is 1.91. The van der Waals surface area contributed by atoms with Crippen molar-refractivity contribution in [3.8, 4) is 0 Å². The molecule has 2 aromatic rings. The number of benzene rings is 2.